The number of benzene rings is 1. The van der Waals surface area contributed by atoms with Crippen molar-refractivity contribution in [3.8, 4) is 0 Å². The van der Waals surface area contributed by atoms with E-state index in [9.17, 15) is 19.8 Å². The summed E-state index contributed by atoms with van der Waals surface area (Å²) in [6, 6.07) is 6.58. The lowest BCUT2D eigenvalue weighted by Gasteiger charge is -2.20. The molecule has 24 heavy (non-hydrogen) atoms. The summed E-state index contributed by atoms with van der Waals surface area (Å²) < 4.78 is 6.70. The van der Waals surface area contributed by atoms with E-state index in [-0.39, 0.29) is 6.42 Å². The molecule has 0 radical (unpaired) electrons. The van der Waals surface area contributed by atoms with Crippen LogP contribution in [-0.2, 0) is 9.53 Å². The van der Waals surface area contributed by atoms with Gasteiger partial charge in [0.15, 0.2) is 0 Å². The monoisotopic (exact) mass is 334 g/mol. The van der Waals surface area contributed by atoms with Gasteiger partial charge in [-0.15, -0.1) is 0 Å². The normalized spacial score (nSPS) is 14.4. The molecule has 0 bridgehead atoms. The number of hydrogen-bond donors (Lipinski definition) is 3. The van der Waals surface area contributed by atoms with Crippen LogP contribution < -0.4 is 5.73 Å². The molecular formula is C17H22N2O5. The third-order valence-electron chi connectivity index (χ3n) is 3.42. The van der Waals surface area contributed by atoms with Gasteiger partial charge in [-0.2, -0.15) is 0 Å². The van der Waals surface area contributed by atoms with Gasteiger partial charge in [0.05, 0.1) is 18.0 Å². The number of aliphatic hydroxyl groups excluding tert-OH is 2. The summed E-state index contributed by atoms with van der Waals surface area (Å²) in [4.78, 5) is 23.0. The third kappa shape index (κ3) is 4.12. The largest absolute Gasteiger partial charge is 0.443 e. The first-order valence-electron chi connectivity index (χ1n) is 7.57. The lowest BCUT2D eigenvalue weighted by atomic mass is 10.0. The van der Waals surface area contributed by atoms with Gasteiger partial charge in [-0.25, -0.2) is 4.79 Å². The summed E-state index contributed by atoms with van der Waals surface area (Å²) in [7, 11) is 0. The van der Waals surface area contributed by atoms with Crippen molar-refractivity contribution in [1.82, 2.24) is 4.57 Å². The van der Waals surface area contributed by atoms with Gasteiger partial charge >= 0.3 is 6.09 Å². The zero-order valence-corrected chi connectivity index (χ0v) is 13.9. The Balaban J connectivity index is 2.28. The molecule has 130 valence electrons. The van der Waals surface area contributed by atoms with Gasteiger partial charge < -0.3 is 20.7 Å². The number of hydrogen-bond acceptors (Lipinski definition) is 5. The molecule has 0 spiro atoms. The topological polar surface area (TPSA) is 115 Å². The Morgan fingerprint density at radius 3 is 2.50 bits per heavy atom. The molecule has 2 unspecified atom stereocenters. The first-order valence-corrected chi connectivity index (χ1v) is 7.57. The summed E-state index contributed by atoms with van der Waals surface area (Å²) in [5.41, 5.74) is 5.46. The maximum Gasteiger partial charge on any atom is 0.418 e. The highest BCUT2D eigenvalue weighted by Gasteiger charge is 2.22. The standard InChI is InChI=1S/C17H22N2O5/c1-17(2,3)24-16(23)19-7-6-10-8-11(4-5-12(10)19)15(22)13(20)9-14(18)21/h4-8,13,15,20,22H,9H2,1-3H3,(H2,18,21). The first kappa shape index (κ1) is 18.0. The van der Waals surface area contributed by atoms with Gasteiger partial charge in [-0.1, -0.05) is 6.07 Å². The number of nitrogens with two attached hydrogens (primary N) is 1. The van der Waals surface area contributed by atoms with Crippen molar-refractivity contribution >= 4 is 22.9 Å². The smallest absolute Gasteiger partial charge is 0.418 e. The van der Waals surface area contributed by atoms with E-state index in [0.29, 0.717) is 16.5 Å². The van der Waals surface area contributed by atoms with Crippen LogP contribution in [0.5, 0.6) is 0 Å². The number of primary amides is 1. The van der Waals surface area contributed by atoms with Gasteiger partial charge in [-0.3, -0.25) is 9.36 Å². The SMILES string of the molecule is CC(C)(C)OC(=O)n1ccc2cc(C(O)C(O)CC(N)=O)ccc21. The lowest BCUT2D eigenvalue weighted by Crippen LogP contribution is -2.26. The van der Waals surface area contributed by atoms with Gasteiger partial charge in [-0.05, 0) is 44.5 Å². The van der Waals surface area contributed by atoms with E-state index >= 15 is 0 Å². The highest BCUT2D eigenvalue weighted by atomic mass is 16.6. The Morgan fingerprint density at radius 2 is 1.92 bits per heavy atom. The summed E-state index contributed by atoms with van der Waals surface area (Å²) in [6.07, 6.45) is -1.79. The van der Waals surface area contributed by atoms with Crippen molar-refractivity contribution in [1.29, 1.82) is 0 Å². The molecule has 7 heteroatoms. The number of aliphatic hydroxyl groups is 2. The average molecular weight is 334 g/mol. The molecular weight excluding hydrogens is 312 g/mol. The molecule has 1 aromatic carbocycles. The molecule has 2 rings (SSSR count). The van der Waals surface area contributed by atoms with Crippen LogP contribution in [0.15, 0.2) is 30.5 Å². The Kier molecular flexibility index (Phi) is 4.96. The predicted molar refractivity (Wildman–Crippen MR) is 88.3 cm³/mol. The van der Waals surface area contributed by atoms with Crippen LogP contribution in [0.2, 0.25) is 0 Å². The Morgan fingerprint density at radius 1 is 1.25 bits per heavy atom. The molecule has 0 saturated carbocycles. The number of rotatable bonds is 4. The number of ether oxygens (including phenoxy) is 1. The van der Waals surface area contributed by atoms with Crippen molar-refractivity contribution in [3.63, 3.8) is 0 Å². The second-order valence-corrected chi connectivity index (χ2v) is 6.67. The third-order valence-corrected chi connectivity index (χ3v) is 3.42. The minimum atomic E-state index is -1.28. The number of nitrogens with zero attached hydrogens (tertiary/aromatic N) is 1. The van der Waals surface area contributed by atoms with E-state index in [1.54, 1.807) is 51.2 Å². The molecule has 0 saturated heterocycles. The average Bonchev–Trinajstić information content (AvgIpc) is 2.86. The number of amides is 1. The second-order valence-electron chi connectivity index (χ2n) is 6.67. The summed E-state index contributed by atoms with van der Waals surface area (Å²) >= 11 is 0. The Labute approximate surface area is 139 Å². The van der Waals surface area contributed by atoms with Crippen LogP contribution in [-0.4, -0.2) is 38.5 Å². The van der Waals surface area contributed by atoms with Gasteiger partial charge in [0.25, 0.3) is 0 Å². The van der Waals surface area contributed by atoms with Crippen molar-refractivity contribution in [2.75, 3.05) is 0 Å². The van der Waals surface area contributed by atoms with E-state index < -0.39 is 29.8 Å². The van der Waals surface area contributed by atoms with E-state index in [4.69, 9.17) is 10.5 Å². The van der Waals surface area contributed by atoms with Crippen molar-refractivity contribution < 1.29 is 24.5 Å². The van der Waals surface area contributed by atoms with Crippen LogP contribution in [0.3, 0.4) is 0 Å². The highest BCUT2D eigenvalue weighted by Crippen LogP contribution is 2.25. The molecule has 0 aliphatic heterocycles. The quantitative estimate of drug-likeness (QED) is 0.787. The zero-order valence-electron chi connectivity index (χ0n) is 13.9. The van der Waals surface area contributed by atoms with E-state index in [1.165, 1.54) is 4.57 Å². The van der Waals surface area contributed by atoms with Crippen LogP contribution in [0, 0.1) is 0 Å². The van der Waals surface area contributed by atoms with E-state index in [1.807, 2.05) is 0 Å². The number of carbonyl (C=O) groups is 2. The fraction of sp³-hybridized carbons (Fsp3) is 0.412. The molecule has 2 aromatic rings. The van der Waals surface area contributed by atoms with Crippen molar-refractivity contribution in [2.24, 2.45) is 5.73 Å². The van der Waals surface area contributed by atoms with Crippen molar-refractivity contribution in [2.45, 2.75) is 45.0 Å². The second kappa shape index (κ2) is 6.62. The predicted octanol–water partition coefficient (Wildman–Crippen LogP) is 1.69. The molecule has 4 N–H and O–H groups in total. The summed E-state index contributed by atoms with van der Waals surface area (Å²) in [6.45, 7) is 5.35. The maximum atomic E-state index is 12.2. The van der Waals surface area contributed by atoms with Gasteiger partial charge in [0.1, 0.15) is 11.7 Å². The van der Waals surface area contributed by atoms with E-state index in [2.05, 4.69) is 0 Å². The van der Waals surface area contributed by atoms with Gasteiger partial charge in [0.2, 0.25) is 5.91 Å². The zero-order chi connectivity index (χ0) is 18.1. The number of fused-ring (bicyclic) bond motifs is 1. The van der Waals surface area contributed by atoms with Gasteiger partial charge in [0, 0.05) is 11.6 Å². The summed E-state index contributed by atoms with van der Waals surface area (Å²) in [5, 5.41) is 20.6. The molecule has 0 aliphatic rings. The first-order chi connectivity index (χ1) is 11.1. The minimum absolute atomic E-state index is 0.335. The summed E-state index contributed by atoms with van der Waals surface area (Å²) in [5.74, 6) is -0.696. The fourth-order valence-electron chi connectivity index (χ4n) is 2.36. The van der Waals surface area contributed by atoms with Crippen molar-refractivity contribution in [3.05, 3.63) is 36.0 Å². The lowest BCUT2D eigenvalue weighted by molar-refractivity contribution is -0.121. The highest BCUT2D eigenvalue weighted by molar-refractivity contribution is 5.90. The Hall–Kier alpha value is -2.38. The molecule has 1 heterocycles. The molecule has 1 aromatic heterocycles. The number of carbonyl (C=O) groups excluding carboxylic acids is 2. The van der Waals surface area contributed by atoms with Crippen LogP contribution >= 0.6 is 0 Å². The fourth-order valence-corrected chi connectivity index (χ4v) is 2.36. The molecule has 7 nitrogen and oxygen atoms in total. The maximum absolute atomic E-state index is 12.2. The molecule has 1 amide bonds. The molecule has 2 atom stereocenters. The van der Waals surface area contributed by atoms with Crippen LogP contribution in [0.1, 0.15) is 38.9 Å². The van der Waals surface area contributed by atoms with E-state index in [0.717, 1.165) is 0 Å². The van der Waals surface area contributed by atoms with Crippen LogP contribution in [0.25, 0.3) is 10.9 Å². The minimum Gasteiger partial charge on any atom is -0.443 e. The Bertz CT molecular complexity index is 760. The van der Waals surface area contributed by atoms with Crippen LogP contribution in [0.4, 0.5) is 4.79 Å². The number of aromatic nitrogens is 1. The molecule has 0 aliphatic carbocycles. The molecule has 0 fully saturated rings.